The van der Waals surface area contributed by atoms with E-state index < -0.39 is 6.85 Å². The number of hydrogen-bond acceptors (Lipinski definition) is 4. The van der Waals surface area contributed by atoms with Gasteiger partial charge in [-0.15, -0.1) is 48.1 Å². The van der Waals surface area contributed by atoms with E-state index in [9.17, 15) is 0 Å². The number of ether oxygens (including phenoxy) is 1. The maximum Gasteiger partial charge on any atom is 0.135 e. The number of anilines is 4. The van der Waals surface area contributed by atoms with E-state index in [4.69, 9.17) is 13.8 Å². The Balaban J connectivity index is 0.00000705. The topological polar surface area (TPSA) is 33.5 Å². The van der Waals surface area contributed by atoms with E-state index in [0.717, 1.165) is 89.3 Å². The summed E-state index contributed by atoms with van der Waals surface area (Å²) in [6, 6.07) is 77.2. The molecule has 1 aliphatic heterocycles. The minimum Gasteiger partial charge on any atom is -0.509 e. The average Bonchev–Trinajstić information content (AvgIpc) is 3.34. The van der Waals surface area contributed by atoms with E-state index in [0.29, 0.717) is 17.1 Å². The van der Waals surface area contributed by atoms with Crippen LogP contribution in [0.25, 0.3) is 72.1 Å². The summed E-state index contributed by atoms with van der Waals surface area (Å²) >= 11 is 0. The second-order valence-corrected chi connectivity index (χ2v) is 23.6. The van der Waals surface area contributed by atoms with Gasteiger partial charge in [0.25, 0.3) is 0 Å². The van der Waals surface area contributed by atoms with Gasteiger partial charge in [0.2, 0.25) is 0 Å². The van der Waals surface area contributed by atoms with Crippen molar-refractivity contribution in [2.24, 2.45) is 0 Å². The minimum atomic E-state index is -2.23. The average molecular weight is 1210 g/mol. The first-order valence-electron chi connectivity index (χ1n) is 28.4. The van der Waals surface area contributed by atoms with Crippen LogP contribution in [-0.2, 0) is 37.3 Å². The van der Waals surface area contributed by atoms with Gasteiger partial charge in [-0.3, -0.25) is 0 Å². The summed E-state index contributed by atoms with van der Waals surface area (Å²) in [5.41, 5.74) is 18.0. The van der Waals surface area contributed by atoms with Crippen molar-refractivity contribution in [2.75, 3.05) is 9.80 Å². The van der Waals surface area contributed by atoms with Crippen LogP contribution in [-0.4, -0.2) is 9.55 Å². The Kier molecular flexibility index (Phi) is 12.9. The molecule has 0 unspecified atom stereocenters. The van der Waals surface area contributed by atoms with Crippen molar-refractivity contribution in [3.63, 3.8) is 0 Å². The van der Waals surface area contributed by atoms with E-state index in [1.54, 1.807) is 12.1 Å². The fourth-order valence-corrected chi connectivity index (χ4v) is 10.9. The number of pyridine rings is 1. The summed E-state index contributed by atoms with van der Waals surface area (Å²) in [5.74, 6) is 1.80. The minimum absolute atomic E-state index is 0. The van der Waals surface area contributed by atoms with Crippen molar-refractivity contribution in [3.05, 3.63) is 247 Å². The summed E-state index contributed by atoms with van der Waals surface area (Å²) in [6.45, 7) is 20.0. The van der Waals surface area contributed by atoms with Crippen LogP contribution in [0.15, 0.2) is 206 Å². The van der Waals surface area contributed by atoms with E-state index in [1.165, 1.54) is 22.3 Å². The summed E-state index contributed by atoms with van der Waals surface area (Å²) < 4.78 is 33.2. The Bertz CT molecular complexity index is 4180. The molecule has 9 aromatic carbocycles. The number of para-hydroxylation sites is 4. The van der Waals surface area contributed by atoms with Crippen LogP contribution in [0.1, 0.15) is 88.7 Å². The molecule has 6 heteroatoms. The van der Waals surface area contributed by atoms with Crippen LogP contribution in [0.4, 0.5) is 22.7 Å². The normalized spacial score (nSPS) is 13.5. The van der Waals surface area contributed by atoms with Gasteiger partial charge in [-0.2, -0.15) is 12.1 Å². The molecule has 5 nitrogen and oxygen atoms in total. The molecule has 0 bridgehead atoms. The van der Waals surface area contributed by atoms with Crippen LogP contribution in [0.5, 0.6) is 11.5 Å². The Morgan fingerprint density at radius 1 is 0.481 bits per heavy atom. The van der Waals surface area contributed by atoms with Crippen molar-refractivity contribution < 1.29 is 29.9 Å². The maximum atomic E-state index is 8.10. The molecule has 0 saturated heterocycles. The van der Waals surface area contributed by atoms with E-state index >= 15 is 0 Å². The number of rotatable bonds is 9. The Labute approximate surface area is 485 Å². The smallest absolute Gasteiger partial charge is 0.135 e. The predicted octanol–water partition coefficient (Wildman–Crippen LogP) is 19.8. The number of aromatic nitrogens is 2. The van der Waals surface area contributed by atoms with Gasteiger partial charge >= 0.3 is 0 Å². The van der Waals surface area contributed by atoms with E-state index in [-0.39, 0.29) is 37.3 Å². The van der Waals surface area contributed by atoms with Gasteiger partial charge in [0.1, 0.15) is 5.82 Å². The van der Waals surface area contributed by atoms with Crippen LogP contribution >= 0.6 is 0 Å². The first-order valence-corrected chi connectivity index (χ1v) is 26.9. The predicted molar refractivity (Wildman–Crippen MR) is 327 cm³/mol. The second kappa shape index (κ2) is 20.7. The van der Waals surface area contributed by atoms with Crippen LogP contribution in [0.3, 0.4) is 0 Å². The fourth-order valence-electron chi connectivity index (χ4n) is 10.9. The molecule has 2 aromatic heterocycles. The molecule has 0 amide bonds. The summed E-state index contributed by atoms with van der Waals surface area (Å²) in [7, 11) is 0. The molecule has 0 atom stereocenters. The number of nitrogens with zero attached hydrogens (tertiary/aromatic N) is 4. The first-order chi connectivity index (χ1) is 38.7. The van der Waals surface area contributed by atoms with Crippen LogP contribution in [0, 0.1) is 25.7 Å². The maximum absolute atomic E-state index is 8.10. The van der Waals surface area contributed by atoms with Gasteiger partial charge in [-0.25, -0.2) is 4.98 Å². The summed E-state index contributed by atoms with van der Waals surface area (Å²) in [6.07, 6.45) is 1.87. The number of aryl methyl sites for hydroxylation is 1. The molecule has 3 heterocycles. The van der Waals surface area contributed by atoms with Gasteiger partial charge in [-0.05, 0) is 97.3 Å². The van der Waals surface area contributed by atoms with E-state index in [2.05, 4.69) is 247 Å². The third kappa shape index (κ3) is 10.2. The molecule has 0 N–H and O–H groups in total. The van der Waals surface area contributed by atoms with E-state index in [1.807, 2.05) is 42.6 Å². The molecule has 0 fully saturated rings. The van der Waals surface area contributed by atoms with Crippen molar-refractivity contribution in [1.29, 1.82) is 0 Å². The van der Waals surface area contributed by atoms with Gasteiger partial charge < -0.3 is 19.1 Å². The molecule has 79 heavy (non-hydrogen) atoms. The molecule has 396 valence electrons. The van der Waals surface area contributed by atoms with Gasteiger partial charge in [0, 0.05) is 82.1 Å². The molecule has 12 rings (SSSR count). The Morgan fingerprint density at radius 2 is 1.10 bits per heavy atom. The largest absolute Gasteiger partial charge is 0.509 e. The molecular weight excluding hydrogens is 1140 g/mol. The quantitative estimate of drug-likeness (QED) is 0.135. The molecular formula is C73H65N4OPt-3. The monoisotopic (exact) mass is 1210 g/mol. The number of hydrogen-bond donors (Lipinski definition) is 0. The molecule has 0 spiro atoms. The number of benzene rings is 9. The zero-order valence-corrected chi connectivity index (χ0v) is 48.5. The van der Waals surface area contributed by atoms with Crippen molar-refractivity contribution in [1.82, 2.24) is 9.55 Å². The van der Waals surface area contributed by atoms with Crippen LogP contribution < -0.4 is 14.5 Å². The number of fused-ring (bicyclic) bond motifs is 4. The summed E-state index contributed by atoms with van der Waals surface area (Å²) in [5, 5.41) is 2.08. The molecule has 11 aromatic rings. The standard InChI is InChI=1S/C73H65N4O.Pt/c1-48-19-15-21-53(41-48)63-46-74-69(45-64(63)73(8,9)10)77-65-28-12-11-25-61(65)62-40-39-58(44-68(62)77)78-57-24-17-23-56(43-57)75-47-76(67-30-14-13-29-66(67)75)70-59(26-18-27-60(70)51-35-37-54(38-36-51)71(2,3)4)50-33-31-49(32-34-50)52-20-16-22-55(42-52)72(5,6)7;/h11-42,45-47H,1-10H3;/q-3;/i1D3;. The van der Waals surface area contributed by atoms with Crippen molar-refractivity contribution in [3.8, 4) is 61.8 Å². The SMILES string of the molecule is [2H]C([2H])([2H])c1cccc(-c2cnc(-n3c4[c-]c(Oc5[c-]c(N6[CH-]N(c7c(-c8ccc(-c9cccc(C(C)(C)C)c9)cc8)cccc7-c7ccc(C(C)(C)C)cc7)c7ccccc76)ccc5)ccc4c4ccccc43)cc2C(C)(C)C)c1.[Pt]. The molecule has 0 saturated carbocycles. The third-order valence-electron chi connectivity index (χ3n) is 15.1. The van der Waals surface area contributed by atoms with Gasteiger partial charge in [0.15, 0.2) is 0 Å². The zero-order chi connectivity index (χ0) is 56.6. The molecule has 0 radical (unpaired) electrons. The second-order valence-electron chi connectivity index (χ2n) is 23.6. The Hall–Kier alpha value is -7.98. The zero-order valence-electron chi connectivity index (χ0n) is 49.2. The summed E-state index contributed by atoms with van der Waals surface area (Å²) in [4.78, 5) is 9.63. The van der Waals surface area contributed by atoms with Crippen molar-refractivity contribution in [2.45, 2.75) is 85.4 Å². The third-order valence-corrected chi connectivity index (χ3v) is 15.1. The first kappa shape index (κ1) is 49.3. The van der Waals surface area contributed by atoms with Crippen molar-refractivity contribution >= 4 is 44.6 Å². The van der Waals surface area contributed by atoms with Crippen LogP contribution in [0.2, 0.25) is 0 Å². The Morgan fingerprint density at radius 3 is 1.81 bits per heavy atom. The fraction of sp³-hybridized carbons (Fsp3) is 0.178. The van der Waals surface area contributed by atoms with Gasteiger partial charge in [0.05, 0.1) is 0 Å². The van der Waals surface area contributed by atoms with Gasteiger partial charge in [-0.1, -0.05) is 219 Å². The molecule has 1 aliphatic rings. The molecule has 0 aliphatic carbocycles.